The van der Waals surface area contributed by atoms with Gasteiger partial charge in [-0.15, -0.1) is 0 Å². The number of phenols is 1. The molecule has 1 fully saturated rings. The Morgan fingerprint density at radius 3 is 2.71 bits per heavy atom. The Balaban J connectivity index is 2.02. The quantitative estimate of drug-likeness (QED) is 0.815. The van der Waals surface area contributed by atoms with Crippen LogP contribution in [0.15, 0.2) is 24.3 Å². The van der Waals surface area contributed by atoms with Gasteiger partial charge in [0.05, 0.1) is 5.92 Å². The molecular formula is C14H18O3. The van der Waals surface area contributed by atoms with Gasteiger partial charge in [-0.1, -0.05) is 31.9 Å². The smallest absolute Gasteiger partial charge is 0.313 e. The first-order valence-electron chi connectivity index (χ1n) is 6.20. The van der Waals surface area contributed by atoms with Crippen molar-refractivity contribution in [1.29, 1.82) is 0 Å². The van der Waals surface area contributed by atoms with Gasteiger partial charge in [0.1, 0.15) is 11.9 Å². The zero-order valence-corrected chi connectivity index (χ0v) is 10.1. The molecule has 1 aliphatic heterocycles. The third kappa shape index (κ3) is 2.78. The average Bonchev–Trinajstić information content (AvgIpc) is 2.69. The topological polar surface area (TPSA) is 46.5 Å². The molecule has 3 nitrogen and oxygen atoms in total. The van der Waals surface area contributed by atoms with Crippen molar-refractivity contribution in [2.45, 2.75) is 44.6 Å². The van der Waals surface area contributed by atoms with Crippen LogP contribution in [0.25, 0.3) is 0 Å². The number of aromatic hydroxyl groups is 1. The van der Waals surface area contributed by atoms with E-state index in [1.807, 2.05) is 0 Å². The highest BCUT2D eigenvalue weighted by Gasteiger charge is 2.34. The molecule has 1 aliphatic rings. The Labute approximate surface area is 101 Å². The highest BCUT2D eigenvalue weighted by atomic mass is 16.5. The number of hydrogen-bond acceptors (Lipinski definition) is 3. The van der Waals surface area contributed by atoms with Gasteiger partial charge in [0.2, 0.25) is 0 Å². The van der Waals surface area contributed by atoms with Crippen LogP contribution in [0.5, 0.6) is 5.75 Å². The molecule has 2 rings (SSSR count). The predicted molar refractivity (Wildman–Crippen MR) is 64.9 cm³/mol. The summed E-state index contributed by atoms with van der Waals surface area (Å²) in [5.41, 5.74) is 0.937. The number of cyclic esters (lactones) is 1. The number of hydrogen-bond donors (Lipinski definition) is 1. The maximum absolute atomic E-state index is 11.7. The Morgan fingerprint density at radius 1 is 1.35 bits per heavy atom. The number of unbranched alkanes of at least 4 members (excludes halogenated alkanes) is 1. The minimum absolute atomic E-state index is 0.0706. The summed E-state index contributed by atoms with van der Waals surface area (Å²) in [6, 6.07) is 6.82. The maximum Gasteiger partial charge on any atom is 0.313 e. The van der Waals surface area contributed by atoms with E-state index >= 15 is 0 Å². The van der Waals surface area contributed by atoms with E-state index in [2.05, 4.69) is 6.92 Å². The summed E-state index contributed by atoms with van der Waals surface area (Å²) in [6.07, 6.45) is 4.01. The molecule has 0 amide bonds. The summed E-state index contributed by atoms with van der Waals surface area (Å²) < 4.78 is 5.36. The zero-order valence-electron chi connectivity index (χ0n) is 10.1. The lowest BCUT2D eigenvalue weighted by atomic mass is 9.94. The van der Waals surface area contributed by atoms with E-state index in [0.29, 0.717) is 0 Å². The fourth-order valence-electron chi connectivity index (χ4n) is 2.24. The van der Waals surface area contributed by atoms with Gasteiger partial charge in [0.15, 0.2) is 0 Å². The van der Waals surface area contributed by atoms with Crippen LogP contribution >= 0.6 is 0 Å². The number of phenolic OH excluding ortho intramolecular Hbond substituents is 1. The maximum atomic E-state index is 11.7. The van der Waals surface area contributed by atoms with Gasteiger partial charge in [0.25, 0.3) is 0 Å². The monoisotopic (exact) mass is 234 g/mol. The minimum atomic E-state index is -0.155. The van der Waals surface area contributed by atoms with Crippen LogP contribution < -0.4 is 0 Å². The van der Waals surface area contributed by atoms with Crippen LogP contribution in [-0.4, -0.2) is 17.2 Å². The highest BCUT2D eigenvalue weighted by Crippen LogP contribution is 2.33. The molecule has 0 spiro atoms. The minimum Gasteiger partial charge on any atom is -0.508 e. The third-order valence-corrected chi connectivity index (χ3v) is 3.24. The molecule has 17 heavy (non-hydrogen) atoms. The number of benzene rings is 1. The normalized spacial score (nSPS) is 23.7. The molecule has 1 N–H and O–H groups in total. The summed E-state index contributed by atoms with van der Waals surface area (Å²) in [7, 11) is 0. The molecule has 0 unspecified atom stereocenters. The molecular weight excluding hydrogens is 216 g/mol. The van der Waals surface area contributed by atoms with Gasteiger partial charge in [-0.3, -0.25) is 4.79 Å². The molecule has 0 saturated carbocycles. The Hall–Kier alpha value is -1.51. The van der Waals surface area contributed by atoms with Gasteiger partial charge >= 0.3 is 5.97 Å². The van der Waals surface area contributed by atoms with Crippen molar-refractivity contribution in [2.75, 3.05) is 0 Å². The summed E-state index contributed by atoms with van der Waals surface area (Å²) in [4.78, 5) is 11.7. The molecule has 92 valence electrons. The lowest BCUT2D eigenvalue weighted by Crippen LogP contribution is -2.06. The Kier molecular flexibility index (Phi) is 3.67. The largest absolute Gasteiger partial charge is 0.508 e. The highest BCUT2D eigenvalue weighted by molar-refractivity contribution is 5.80. The van der Waals surface area contributed by atoms with Crippen molar-refractivity contribution in [2.24, 2.45) is 0 Å². The van der Waals surface area contributed by atoms with E-state index < -0.39 is 0 Å². The van der Waals surface area contributed by atoms with Gasteiger partial charge in [-0.2, -0.15) is 0 Å². The molecule has 1 heterocycles. The fraction of sp³-hybridized carbons (Fsp3) is 0.500. The first kappa shape index (κ1) is 12.0. The van der Waals surface area contributed by atoms with Gasteiger partial charge in [-0.05, 0) is 24.1 Å². The van der Waals surface area contributed by atoms with Crippen LogP contribution in [0.1, 0.15) is 44.1 Å². The second-order valence-corrected chi connectivity index (χ2v) is 4.58. The second-order valence-electron chi connectivity index (χ2n) is 4.58. The Bertz CT molecular complexity index is 383. The number of carbonyl (C=O) groups is 1. The van der Waals surface area contributed by atoms with Crippen molar-refractivity contribution in [1.82, 2.24) is 0 Å². The molecule has 0 aromatic heterocycles. The van der Waals surface area contributed by atoms with Gasteiger partial charge in [0, 0.05) is 6.42 Å². The number of esters is 1. The van der Waals surface area contributed by atoms with Crippen molar-refractivity contribution in [3.63, 3.8) is 0 Å². The van der Waals surface area contributed by atoms with Gasteiger partial charge < -0.3 is 9.84 Å². The van der Waals surface area contributed by atoms with E-state index in [1.54, 1.807) is 24.3 Å². The summed E-state index contributed by atoms with van der Waals surface area (Å²) >= 11 is 0. The van der Waals surface area contributed by atoms with E-state index in [9.17, 15) is 9.90 Å². The van der Waals surface area contributed by atoms with Crippen LogP contribution in [0.2, 0.25) is 0 Å². The van der Waals surface area contributed by atoms with Crippen LogP contribution in [0, 0.1) is 0 Å². The Morgan fingerprint density at radius 2 is 2.06 bits per heavy atom. The molecule has 1 saturated heterocycles. The van der Waals surface area contributed by atoms with Crippen LogP contribution in [0.4, 0.5) is 0 Å². The van der Waals surface area contributed by atoms with Crippen LogP contribution in [0.3, 0.4) is 0 Å². The van der Waals surface area contributed by atoms with Crippen molar-refractivity contribution >= 4 is 5.97 Å². The molecule has 1 aromatic carbocycles. The molecule has 1 aromatic rings. The standard InChI is InChI=1S/C14H18O3/c1-2-3-4-12-9-13(14(16)17-12)10-5-7-11(15)8-6-10/h5-8,12-13,15H,2-4,9H2,1H3/t12-,13+/m0/s1. The molecule has 3 heteroatoms. The lowest BCUT2D eigenvalue weighted by molar-refractivity contribution is -0.142. The molecule has 0 aliphatic carbocycles. The van der Waals surface area contributed by atoms with Crippen molar-refractivity contribution < 1.29 is 14.6 Å². The predicted octanol–water partition coefficient (Wildman–Crippen LogP) is 2.98. The van der Waals surface area contributed by atoms with Crippen LogP contribution in [-0.2, 0) is 9.53 Å². The first-order valence-corrected chi connectivity index (χ1v) is 6.20. The molecule has 0 bridgehead atoms. The lowest BCUT2D eigenvalue weighted by Gasteiger charge is -2.07. The second kappa shape index (κ2) is 5.21. The summed E-state index contributed by atoms with van der Waals surface area (Å²) in [6.45, 7) is 2.13. The van der Waals surface area contributed by atoms with E-state index in [0.717, 1.165) is 31.2 Å². The summed E-state index contributed by atoms with van der Waals surface area (Å²) in [5.74, 6) is -0.0584. The average molecular weight is 234 g/mol. The summed E-state index contributed by atoms with van der Waals surface area (Å²) in [5, 5.41) is 9.22. The van der Waals surface area contributed by atoms with Crippen molar-refractivity contribution in [3.05, 3.63) is 29.8 Å². The third-order valence-electron chi connectivity index (χ3n) is 3.24. The number of ether oxygens (including phenoxy) is 1. The van der Waals surface area contributed by atoms with E-state index in [4.69, 9.17) is 4.74 Å². The van der Waals surface area contributed by atoms with Gasteiger partial charge in [-0.25, -0.2) is 0 Å². The fourth-order valence-corrected chi connectivity index (χ4v) is 2.24. The number of carbonyl (C=O) groups excluding carboxylic acids is 1. The zero-order chi connectivity index (χ0) is 12.3. The SMILES string of the molecule is CCCC[C@H]1C[C@H](c2ccc(O)cc2)C(=O)O1. The molecule has 0 radical (unpaired) electrons. The number of rotatable bonds is 4. The first-order chi connectivity index (χ1) is 8.20. The van der Waals surface area contributed by atoms with E-state index in [1.165, 1.54) is 0 Å². The molecule has 2 atom stereocenters. The van der Waals surface area contributed by atoms with Crippen molar-refractivity contribution in [3.8, 4) is 5.75 Å². The van der Waals surface area contributed by atoms with E-state index in [-0.39, 0.29) is 23.7 Å².